The van der Waals surface area contributed by atoms with Gasteiger partial charge in [-0.2, -0.15) is 0 Å². The summed E-state index contributed by atoms with van der Waals surface area (Å²) in [7, 11) is 0. The van der Waals surface area contributed by atoms with Crippen LogP contribution in [0.4, 0.5) is 4.39 Å². The van der Waals surface area contributed by atoms with E-state index < -0.39 is 6.04 Å². The normalized spacial score (nSPS) is 12.1. The Bertz CT molecular complexity index is 514. The van der Waals surface area contributed by atoms with Gasteiger partial charge in [-0.05, 0) is 31.0 Å². The van der Waals surface area contributed by atoms with Gasteiger partial charge in [-0.3, -0.25) is 9.59 Å². The molecule has 0 fully saturated rings. The molecule has 1 rings (SSSR count). The fraction of sp³-hybridized carbons (Fsp3) is 0.556. The third-order valence-electron chi connectivity index (χ3n) is 3.72. The zero-order valence-corrected chi connectivity index (χ0v) is 14.4. The molecule has 1 aromatic rings. The number of unbranched alkanes of at least 4 members (excludes halogenated alkanes) is 1. The van der Waals surface area contributed by atoms with E-state index in [-0.39, 0.29) is 23.5 Å². The number of halogens is 1. The molecule has 5 heteroatoms. The summed E-state index contributed by atoms with van der Waals surface area (Å²) in [6.07, 6.45) is 1.91. The van der Waals surface area contributed by atoms with Crippen LogP contribution in [0.5, 0.6) is 0 Å². The molecule has 1 atom stereocenters. The molecule has 0 aliphatic rings. The van der Waals surface area contributed by atoms with E-state index in [1.807, 2.05) is 13.8 Å². The molecule has 1 N–H and O–H groups in total. The lowest BCUT2D eigenvalue weighted by atomic mass is 10.1. The molecule has 0 saturated carbocycles. The number of benzene rings is 1. The van der Waals surface area contributed by atoms with Crippen LogP contribution >= 0.6 is 0 Å². The summed E-state index contributed by atoms with van der Waals surface area (Å²) in [4.78, 5) is 26.3. The van der Waals surface area contributed by atoms with Crippen molar-refractivity contribution in [1.82, 2.24) is 10.2 Å². The van der Waals surface area contributed by atoms with Gasteiger partial charge in [0.25, 0.3) is 0 Å². The smallest absolute Gasteiger partial charge is 0.242 e. The second kappa shape index (κ2) is 9.28. The van der Waals surface area contributed by atoms with Gasteiger partial charge in [-0.15, -0.1) is 0 Å². The average Bonchev–Trinajstić information content (AvgIpc) is 2.53. The average molecular weight is 322 g/mol. The summed E-state index contributed by atoms with van der Waals surface area (Å²) in [5, 5.41) is 2.86. The molecule has 4 nitrogen and oxygen atoms in total. The van der Waals surface area contributed by atoms with Crippen LogP contribution in [0.25, 0.3) is 0 Å². The highest BCUT2D eigenvalue weighted by molar-refractivity contribution is 5.88. The number of hydrogen-bond donors (Lipinski definition) is 1. The van der Waals surface area contributed by atoms with Crippen LogP contribution in [-0.2, 0) is 16.1 Å². The number of carbonyl (C=O) groups is 2. The van der Waals surface area contributed by atoms with Crippen molar-refractivity contribution in [1.29, 1.82) is 0 Å². The van der Waals surface area contributed by atoms with Gasteiger partial charge < -0.3 is 10.2 Å². The monoisotopic (exact) mass is 322 g/mol. The third kappa shape index (κ3) is 6.00. The van der Waals surface area contributed by atoms with Crippen LogP contribution < -0.4 is 5.32 Å². The zero-order chi connectivity index (χ0) is 17.4. The molecule has 0 aliphatic carbocycles. The van der Waals surface area contributed by atoms with Crippen molar-refractivity contribution in [2.75, 3.05) is 6.54 Å². The number of carbonyl (C=O) groups excluding carboxylic acids is 2. The van der Waals surface area contributed by atoms with Gasteiger partial charge in [0.15, 0.2) is 0 Å². The van der Waals surface area contributed by atoms with E-state index in [1.54, 1.807) is 24.0 Å². The standard InChI is InChI=1S/C18H27FN2O2/c1-5-6-11-20-17(22)14(4)21(18(23)13(2)3)12-15-7-9-16(19)10-8-15/h7-10,13-14H,5-6,11-12H2,1-4H3,(H,20,22). The summed E-state index contributed by atoms with van der Waals surface area (Å²) >= 11 is 0. The van der Waals surface area contributed by atoms with Crippen molar-refractivity contribution in [3.05, 3.63) is 35.6 Å². The molecule has 128 valence electrons. The molecule has 0 bridgehead atoms. The van der Waals surface area contributed by atoms with E-state index in [0.717, 1.165) is 18.4 Å². The molecule has 2 amide bonds. The van der Waals surface area contributed by atoms with Crippen LogP contribution in [0, 0.1) is 11.7 Å². The highest BCUT2D eigenvalue weighted by Gasteiger charge is 2.27. The van der Waals surface area contributed by atoms with Crippen LogP contribution in [0.1, 0.15) is 46.1 Å². The van der Waals surface area contributed by atoms with E-state index in [4.69, 9.17) is 0 Å². The fourth-order valence-corrected chi connectivity index (χ4v) is 2.20. The predicted octanol–water partition coefficient (Wildman–Crippen LogP) is 3.12. The van der Waals surface area contributed by atoms with Crippen LogP contribution in [-0.4, -0.2) is 29.3 Å². The molecule has 0 spiro atoms. The second-order valence-electron chi connectivity index (χ2n) is 6.07. The Morgan fingerprint density at radius 1 is 1.17 bits per heavy atom. The summed E-state index contributed by atoms with van der Waals surface area (Å²) in [6.45, 7) is 8.30. The molecule has 0 aromatic heterocycles. The Labute approximate surface area is 138 Å². The second-order valence-corrected chi connectivity index (χ2v) is 6.07. The maximum atomic E-state index is 13.0. The van der Waals surface area contributed by atoms with Gasteiger partial charge in [0.1, 0.15) is 11.9 Å². The van der Waals surface area contributed by atoms with E-state index >= 15 is 0 Å². The minimum atomic E-state index is -0.563. The molecule has 1 aromatic carbocycles. The van der Waals surface area contributed by atoms with Crippen LogP contribution in [0.15, 0.2) is 24.3 Å². The van der Waals surface area contributed by atoms with Gasteiger partial charge in [0, 0.05) is 19.0 Å². The summed E-state index contributed by atoms with van der Waals surface area (Å²) in [6, 6.07) is 5.43. The van der Waals surface area contributed by atoms with Crippen molar-refractivity contribution in [3.8, 4) is 0 Å². The van der Waals surface area contributed by atoms with Gasteiger partial charge in [-0.25, -0.2) is 4.39 Å². The molecule has 0 aliphatic heterocycles. The van der Waals surface area contributed by atoms with Gasteiger partial charge >= 0.3 is 0 Å². The van der Waals surface area contributed by atoms with Crippen molar-refractivity contribution in [2.24, 2.45) is 5.92 Å². The first-order chi connectivity index (χ1) is 10.9. The van der Waals surface area contributed by atoms with Crippen LogP contribution in [0.3, 0.4) is 0 Å². The maximum Gasteiger partial charge on any atom is 0.242 e. The van der Waals surface area contributed by atoms with Crippen molar-refractivity contribution in [3.63, 3.8) is 0 Å². The number of nitrogens with one attached hydrogen (secondary N) is 1. The highest BCUT2D eigenvalue weighted by Crippen LogP contribution is 2.13. The lowest BCUT2D eigenvalue weighted by Crippen LogP contribution is -2.49. The van der Waals surface area contributed by atoms with Gasteiger partial charge in [-0.1, -0.05) is 39.3 Å². The Balaban J connectivity index is 2.84. The summed E-state index contributed by atoms with van der Waals surface area (Å²) in [5.41, 5.74) is 0.800. The Hall–Kier alpha value is -1.91. The summed E-state index contributed by atoms with van der Waals surface area (Å²) in [5.74, 6) is -0.774. The first-order valence-electron chi connectivity index (χ1n) is 8.19. The first kappa shape index (κ1) is 19.1. The quantitative estimate of drug-likeness (QED) is 0.748. The Morgan fingerprint density at radius 2 is 1.78 bits per heavy atom. The molecule has 0 radical (unpaired) electrons. The Kier molecular flexibility index (Phi) is 7.72. The first-order valence-corrected chi connectivity index (χ1v) is 8.19. The Morgan fingerprint density at radius 3 is 2.30 bits per heavy atom. The molecular formula is C18H27FN2O2. The minimum Gasteiger partial charge on any atom is -0.354 e. The zero-order valence-electron chi connectivity index (χ0n) is 14.4. The van der Waals surface area contributed by atoms with Crippen molar-refractivity contribution < 1.29 is 14.0 Å². The van der Waals surface area contributed by atoms with Crippen molar-refractivity contribution >= 4 is 11.8 Å². The lowest BCUT2D eigenvalue weighted by molar-refractivity contribution is -0.143. The molecule has 0 heterocycles. The van der Waals surface area contributed by atoms with Gasteiger partial charge in [0.2, 0.25) is 11.8 Å². The largest absolute Gasteiger partial charge is 0.354 e. The van der Waals surface area contributed by atoms with Gasteiger partial charge in [0.05, 0.1) is 0 Å². The van der Waals surface area contributed by atoms with Crippen LogP contribution in [0.2, 0.25) is 0 Å². The topological polar surface area (TPSA) is 49.4 Å². The maximum absolute atomic E-state index is 13.0. The SMILES string of the molecule is CCCCNC(=O)C(C)N(Cc1ccc(F)cc1)C(=O)C(C)C. The third-order valence-corrected chi connectivity index (χ3v) is 3.72. The summed E-state index contributed by atoms with van der Waals surface area (Å²) < 4.78 is 13.0. The predicted molar refractivity (Wildman–Crippen MR) is 89.2 cm³/mol. The molecule has 0 saturated heterocycles. The van der Waals surface area contributed by atoms with E-state index in [2.05, 4.69) is 12.2 Å². The minimum absolute atomic E-state index is 0.0903. The van der Waals surface area contributed by atoms with Crippen molar-refractivity contribution in [2.45, 2.75) is 53.1 Å². The number of amides is 2. The fourth-order valence-electron chi connectivity index (χ4n) is 2.20. The number of hydrogen-bond acceptors (Lipinski definition) is 2. The van der Waals surface area contributed by atoms with E-state index in [9.17, 15) is 14.0 Å². The lowest BCUT2D eigenvalue weighted by Gasteiger charge is -2.30. The van der Waals surface area contributed by atoms with E-state index in [0.29, 0.717) is 13.1 Å². The molecule has 23 heavy (non-hydrogen) atoms. The number of nitrogens with zero attached hydrogens (tertiary/aromatic N) is 1. The van der Waals surface area contributed by atoms with E-state index in [1.165, 1.54) is 12.1 Å². The highest BCUT2D eigenvalue weighted by atomic mass is 19.1. The molecular weight excluding hydrogens is 295 g/mol. The molecule has 1 unspecified atom stereocenters. The number of rotatable bonds is 8.